The average Bonchev–Trinajstić information content (AvgIpc) is 2.81. The number of aryl methyl sites for hydroxylation is 2. The van der Waals surface area contributed by atoms with Crippen molar-refractivity contribution in [2.45, 2.75) is 60.2 Å². The lowest BCUT2D eigenvalue weighted by atomic mass is 9.98. The maximum atomic E-state index is 4.29. The molecule has 0 bridgehead atoms. The zero-order valence-corrected chi connectivity index (χ0v) is 13.8. The van der Waals surface area contributed by atoms with E-state index in [4.69, 9.17) is 0 Å². The van der Waals surface area contributed by atoms with Crippen LogP contribution in [0.15, 0.2) is 18.2 Å². The molecule has 0 aliphatic heterocycles. The molecule has 0 saturated carbocycles. The summed E-state index contributed by atoms with van der Waals surface area (Å²) in [6, 6.07) is 6.78. The fraction of sp³-hybridized carbons (Fsp3) is 0.529. The second kappa shape index (κ2) is 6.85. The summed E-state index contributed by atoms with van der Waals surface area (Å²) < 4.78 is 2.20. The number of hydrogen-bond donors (Lipinski definition) is 1. The molecular weight excluding hydrogens is 260 g/mol. The maximum absolute atomic E-state index is 4.29. The van der Waals surface area contributed by atoms with Crippen LogP contribution >= 0.6 is 0 Å². The molecule has 2 aromatic rings. The lowest BCUT2D eigenvalue weighted by Gasteiger charge is -2.18. The summed E-state index contributed by atoms with van der Waals surface area (Å²) in [4.78, 5) is 0. The fourth-order valence-corrected chi connectivity index (χ4v) is 2.67. The van der Waals surface area contributed by atoms with Gasteiger partial charge in [0.25, 0.3) is 0 Å². The summed E-state index contributed by atoms with van der Waals surface area (Å²) in [7, 11) is 0. The number of nitrogens with zero attached hydrogens (tertiary/aromatic N) is 3. The van der Waals surface area contributed by atoms with E-state index in [2.05, 4.69) is 66.0 Å². The molecule has 0 saturated heterocycles. The van der Waals surface area contributed by atoms with Crippen molar-refractivity contribution in [2.75, 3.05) is 0 Å². The Morgan fingerprint density at radius 1 is 1.19 bits per heavy atom. The molecule has 4 nitrogen and oxygen atoms in total. The van der Waals surface area contributed by atoms with E-state index in [1.54, 1.807) is 0 Å². The summed E-state index contributed by atoms with van der Waals surface area (Å²) in [6.45, 7) is 12.5. The molecule has 114 valence electrons. The van der Waals surface area contributed by atoms with Crippen LogP contribution in [0.3, 0.4) is 0 Å². The lowest BCUT2D eigenvalue weighted by molar-refractivity contribution is 0.527. The van der Waals surface area contributed by atoms with Gasteiger partial charge in [0.1, 0.15) is 11.6 Å². The van der Waals surface area contributed by atoms with Gasteiger partial charge in [-0.15, -0.1) is 10.2 Å². The van der Waals surface area contributed by atoms with Crippen molar-refractivity contribution in [3.05, 3.63) is 46.5 Å². The van der Waals surface area contributed by atoms with E-state index in [-0.39, 0.29) is 0 Å². The highest BCUT2D eigenvalue weighted by molar-refractivity contribution is 5.35. The van der Waals surface area contributed by atoms with Crippen LogP contribution in [0.1, 0.15) is 54.6 Å². The van der Waals surface area contributed by atoms with Gasteiger partial charge in [0.15, 0.2) is 0 Å². The molecule has 0 spiro atoms. The Labute approximate surface area is 127 Å². The van der Waals surface area contributed by atoms with Gasteiger partial charge in [-0.1, -0.05) is 25.1 Å². The molecule has 2 rings (SSSR count). The third-order valence-corrected chi connectivity index (χ3v) is 4.14. The molecule has 4 heteroatoms. The van der Waals surface area contributed by atoms with Crippen molar-refractivity contribution in [1.82, 2.24) is 20.1 Å². The molecule has 1 atom stereocenters. The Morgan fingerprint density at radius 2 is 1.95 bits per heavy atom. The molecular formula is C17H26N4. The molecule has 0 unspecified atom stereocenters. The van der Waals surface area contributed by atoms with Crippen LogP contribution in [-0.4, -0.2) is 14.8 Å². The van der Waals surface area contributed by atoms with E-state index >= 15 is 0 Å². The quantitative estimate of drug-likeness (QED) is 0.884. The topological polar surface area (TPSA) is 42.7 Å². The van der Waals surface area contributed by atoms with Gasteiger partial charge in [0.05, 0.1) is 6.54 Å². The Kier molecular flexibility index (Phi) is 5.12. The standard InChI is InChI=1S/C17H26N4/c1-6-10-21-15(5)19-20-17(21)11-18-14(4)16-9-7-8-12(2)13(16)3/h7-9,14,18H,6,10-11H2,1-5H3/t14-/m1/s1. The van der Waals surface area contributed by atoms with Gasteiger partial charge >= 0.3 is 0 Å². The van der Waals surface area contributed by atoms with E-state index in [1.165, 1.54) is 16.7 Å². The van der Waals surface area contributed by atoms with Crippen LogP contribution in [-0.2, 0) is 13.1 Å². The predicted molar refractivity (Wildman–Crippen MR) is 86.2 cm³/mol. The monoisotopic (exact) mass is 286 g/mol. The highest BCUT2D eigenvalue weighted by Gasteiger charge is 2.12. The van der Waals surface area contributed by atoms with Gasteiger partial charge in [-0.2, -0.15) is 0 Å². The van der Waals surface area contributed by atoms with Gasteiger partial charge in [-0.25, -0.2) is 0 Å². The van der Waals surface area contributed by atoms with Gasteiger partial charge < -0.3 is 9.88 Å². The molecule has 1 heterocycles. The Bertz CT molecular complexity index is 601. The molecule has 21 heavy (non-hydrogen) atoms. The Morgan fingerprint density at radius 3 is 2.67 bits per heavy atom. The Hall–Kier alpha value is -1.68. The largest absolute Gasteiger partial charge is 0.314 e. The number of benzene rings is 1. The van der Waals surface area contributed by atoms with Crippen LogP contribution < -0.4 is 5.32 Å². The van der Waals surface area contributed by atoms with Crippen LogP contribution in [0, 0.1) is 20.8 Å². The van der Waals surface area contributed by atoms with Crippen molar-refractivity contribution in [1.29, 1.82) is 0 Å². The minimum absolute atomic E-state index is 0.303. The number of aromatic nitrogens is 3. The number of nitrogens with one attached hydrogen (secondary N) is 1. The molecule has 0 radical (unpaired) electrons. The number of hydrogen-bond acceptors (Lipinski definition) is 3. The normalized spacial score (nSPS) is 12.6. The molecule has 0 aliphatic carbocycles. The van der Waals surface area contributed by atoms with Crippen molar-refractivity contribution in [3.63, 3.8) is 0 Å². The molecule has 0 fully saturated rings. The first-order valence-electron chi connectivity index (χ1n) is 7.72. The van der Waals surface area contributed by atoms with Crippen LogP contribution in [0.25, 0.3) is 0 Å². The molecule has 0 aliphatic rings. The van der Waals surface area contributed by atoms with Crippen molar-refractivity contribution in [2.24, 2.45) is 0 Å². The van der Waals surface area contributed by atoms with Crippen LogP contribution in [0.5, 0.6) is 0 Å². The second-order valence-electron chi connectivity index (χ2n) is 5.71. The molecule has 1 aromatic carbocycles. The minimum atomic E-state index is 0.303. The molecule has 1 N–H and O–H groups in total. The summed E-state index contributed by atoms with van der Waals surface area (Å²) in [6.07, 6.45) is 1.10. The van der Waals surface area contributed by atoms with E-state index < -0.39 is 0 Å². The van der Waals surface area contributed by atoms with Crippen molar-refractivity contribution in [3.8, 4) is 0 Å². The first-order chi connectivity index (χ1) is 10.0. The average molecular weight is 286 g/mol. The van der Waals surface area contributed by atoms with Crippen molar-refractivity contribution >= 4 is 0 Å². The second-order valence-corrected chi connectivity index (χ2v) is 5.71. The third kappa shape index (κ3) is 3.50. The lowest BCUT2D eigenvalue weighted by Crippen LogP contribution is -2.22. The summed E-state index contributed by atoms with van der Waals surface area (Å²) in [5.74, 6) is 2.01. The highest BCUT2D eigenvalue weighted by atomic mass is 15.3. The van der Waals surface area contributed by atoms with Crippen molar-refractivity contribution < 1.29 is 0 Å². The zero-order valence-electron chi connectivity index (χ0n) is 13.8. The Balaban J connectivity index is 2.07. The maximum Gasteiger partial charge on any atom is 0.147 e. The van der Waals surface area contributed by atoms with Gasteiger partial charge in [-0.05, 0) is 50.8 Å². The van der Waals surface area contributed by atoms with E-state index in [0.29, 0.717) is 6.04 Å². The minimum Gasteiger partial charge on any atom is -0.314 e. The van der Waals surface area contributed by atoms with E-state index in [9.17, 15) is 0 Å². The highest BCUT2D eigenvalue weighted by Crippen LogP contribution is 2.20. The third-order valence-electron chi connectivity index (χ3n) is 4.14. The van der Waals surface area contributed by atoms with Crippen LogP contribution in [0.2, 0.25) is 0 Å². The van der Waals surface area contributed by atoms with E-state index in [1.807, 2.05) is 6.92 Å². The van der Waals surface area contributed by atoms with E-state index in [0.717, 1.165) is 31.2 Å². The molecule has 1 aromatic heterocycles. The first kappa shape index (κ1) is 15.7. The smallest absolute Gasteiger partial charge is 0.147 e. The molecule has 0 amide bonds. The zero-order chi connectivity index (χ0) is 15.4. The first-order valence-corrected chi connectivity index (χ1v) is 7.72. The van der Waals surface area contributed by atoms with Gasteiger partial charge in [0.2, 0.25) is 0 Å². The predicted octanol–water partition coefficient (Wildman–Crippen LogP) is 3.46. The van der Waals surface area contributed by atoms with Gasteiger partial charge in [0, 0.05) is 12.6 Å². The van der Waals surface area contributed by atoms with Gasteiger partial charge in [-0.3, -0.25) is 0 Å². The summed E-state index contributed by atoms with van der Waals surface area (Å²) in [5.41, 5.74) is 4.06. The van der Waals surface area contributed by atoms with Crippen LogP contribution in [0.4, 0.5) is 0 Å². The summed E-state index contributed by atoms with van der Waals surface area (Å²) >= 11 is 0. The SMILES string of the molecule is CCCn1c(C)nnc1CN[C@H](C)c1cccc(C)c1C. The fourth-order valence-electron chi connectivity index (χ4n) is 2.67. The summed E-state index contributed by atoms with van der Waals surface area (Å²) in [5, 5.41) is 12.1. The number of rotatable bonds is 6.